The molecule has 33 heavy (non-hydrogen) atoms. The van der Waals surface area contributed by atoms with E-state index < -0.39 is 0 Å². The smallest absolute Gasteiger partial charge is 0.229 e. The van der Waals surface area contributed by atoms with E-state index in [0.717, 1.165) is 54.8 Å². The van der Waals surface area contributed by atoms with Crippen molar-refractivity contribution in [3.05, 3.63) is 35.7 Å². The normalized spacial score (nSPS) is 20.8. The van der Waals surface area contributed by atoms with Crippen LogP contribution in [0.5, 0.6) is 5.75 Å². The highest BCUT2D eigenvalue weighted by Gasteiger charge is 2.28. The van der Waals surface area contributed by atoms with Crippen LogP contribution in [0.2, 0.25) is 0 Å². The Bertz CT molecular complexity index is 1190. The quantitative estimate of drug-likeness (QED) is 0.640. The van der Waals surface area contributed by atoms with Crippen molar-refractivity contribution in [1.29, 1.82) is 0 Å². The van der Waals surface area contributed by atoms with Gasteiger partial charge < -0.3 is 15.0 Å². The zero-order valence-corrected chi connectivity index (χ0v) is 19.7. The number of fused-ring (bicyclic) bond motifs is 2. The first-order valence-electron chi connectivity index (χ1n) is 11.6. The lowest BCUT2D eigenvalue weighted by atomic mass is 9.93. The number of nitrogens with one attached hydrogen (secondary N) is 1. The summed E-state index contributed by atoms with van der Waals surface area (Å²) >= 11 is 0. The molecule has 0 bridgehead atoms. The predicted octanol–water partition coefficient (Wildman–Crippen LogP) is 3.14. The fourth-order valence-corrected chi connectivity index (χ4v) is 5.06. The molecule has 3 aromatic rings. The first-order valence-corrected chi connectivity index (χ1v) is 11.6. The molecule has 0 saturated carbocycles. The molecule has 1 amide bonds. The summed E-state index contributed by atoms with van der Waals surface area (Å²) in [7, 11) is 3.84. The molecule has 1 unspecified atom stereocenters. The van der Waals surface area contributed by atoms with Gasteiger partial charge in [-0.2, -0.15) is 10.1 Å². The summed E-state index contributed by atoms with van der Waals surface area (Å²) < 4.78 is 7.56. The molecule has 9 nitrogen and oxygen atoms in total. The Morgan fingerprint density at radius 1 is 1.27 bits per heavy atom. The highest BCUT2D eigenvalue weighted by Crippen LogP contribution is 2.37. The molecule has 9 heteroatoms. The standard InChI is InChI=1S/C24H31N7O2/c1-15-20-11-21(22(33-4)10-17(20)7-9-29(15)3)27-24-25-12-18-13-26-31(23(18)28-24)14-19-6-5-8-30(19)16(2)32/h10-13,15,19H,5-9,14H2,1-4H3,(H,25,27,28)/t15-,19?/m1/s1. The lowest BCUT2D eigenvalue weighted by Gasteiger charge is -2.32. The third-order valence-electron chi connectivity index (χ3n) is 7.09. The van der Waals surface area contributed by atoms with Crippen molar-refractivity contribution in [1.82, 2.24) is 29.5 Å². The van der Waals surface area contributed by atoms with Crippen molar-refractivity contribution in [3.63, 3.8) is 0 Å². The van der Waals surface area contributed by atoms with Crippen molar-refractivity contribution >= 4 is 28.6 Å². The van der Waals surface area contributed by atoms with Gasteiger partial charge in [-0.1, -0.05) is 0 Å². The Labute approximate surface area is 193 Å². The number of likely N-dealkylation sites (N-methyl/N-ethyl adjacent to an activating group) is 1. The third-order valence-corrected chi connectivity index (χ3v) is 7.09. The Morgan fingerprint density at radius 3 is 2.91 bits per heavy atom. The van der Waals surface area contributed by atoms with Gasteiger partial charge in [0.15, 0.2) is 5.65 Å². The number of nitrogens with zero attached hydrogens (tertiary/aromatic N) is 6. The molecule has 5 rings (SSSR count). The van der Waals surface area contributed by atoms with Gasteiger partial charge in [0.1, 0.15) is 5.75 Å². The van der Waals surface area contributed by atoms with Crippen molar-refractivity contribution in [3.8, 4) is 5.75 Å². The fourth-order valence-electron chi connectivity index (χ4n) is 5.06. The summed E-state index contributed by atoms with van der Waals surface area (Å²) in [4.78, 5) is 25.5. The Hall–Kier alpha value is -3.20. The molecule has 2 aliphatic rings. The second-order valence-electron chi connectivity index (χ2n) is 9.09. The second kappa shape index (κ2) is 8.62. The number of likely N-dealkylation sites (tertiary alicyclic amines) is 1. The van der Waals surface area contributed by atoms with Gasteiger partial charge in [-0.25, -0.2) is 9.67 Å². The number of methoxy groups -OCH3 is 1. The number of ether oxygens (including phenoxy) is 1. The molecule has 0 spiro atoms. The molecule has 2 aromatic heterocycles. The van der Waals surface area contributed by atoms with Crippen molar-refractivity contribution in [2.24, 2.45) is 0 Å². The van der Waals surface area contributed by atoms with E-state index >= 15 is 0 Å². The zero-order valence-electron chi connectivity index (χ0n) is 19.7. The fraction of sp³-hybridized carbons (Fsp3) is 0.500. The predicted molar refractivity (Wildman–Crippen MR) is 127 cm³/mol. The molecule has 174 valence electrons. The minimum atomic E-state index is 0.116. The minimum Gasteiger partial charge on any atom is -0.495 e. The summed E-state index contributed by atoms with van der Waals surface area (Å²) in [5.74, 6) is 1.39. The maximum Gasteiger partial charge on any atom is 0.229 e. The van der Waals surface area contributed by atoms with Crippen LogP contribution in [0, 0.1) is 0 Å². The van der Waals surface area contributed by atoms with E-state index in [4.69, 9.17) is 9.72 Å². The maximum atomic E-state index is 12.0. The van der Waals surface area contributed by atoms with Gasteiger partial charge >= 0.3 is 0 Å². The number of carbonyl (C=O) groups excluding carboxylic acids is 1. The second-order valence-corrected chi connectivity index (χ2v) is 9.09. The molecule has 1 fully saturated rings. The van der Waals surface area contributed by atoms with Crippen molar-refractivity contribution in [2.75, 3.05) is 32.6 Å². The first kappa shape index (κ1) is 21.6. The lowest BCUT2D eigenvalue weighted by molar-refractivity contribution is -0.129. The summed E-state index contributed by atoms with van der Waals surface area (Å²) in [6.45, 7) is 6.34. The summed E-state index contributed by atoms with van der Waals surface area (Å²) in [5, 5.41) is 8.77. The number of hydrogen-bond donors (Lipinski definition) is 1. The topological polar surface area (TPSA) is 88.4 Å². The Morgan fingerprint density at radius 2 is 2.12 bits per heavy atom. The number of benzene rings is 1. The van der Waals surface area contributed by atoms with Crippen LogP contribution in [0.15, 0.2) is 24.5 Å². The number of anilines is 2. The maximum absolute atomic E-state index is 12.0. The summed E-state index contributed by atoms with van der Waals surface area (Å²) in [6, 6.07) is 4.76. The molecule has 1 saturated heterocycles. The molecule has 2 atom stereocenters. The molecular weight excluding hydrogens is 418 g/mol. The highest BCUT2D eigenvalue weighted by atomic mass is 16.5. The van der Waals surface area contributed by atoms with Crippen LogP contribution in [-0.2, 0) is 17.8 Å². The zero-order chi connectivity index (χ0) is 23.1. The lowest BCUT2D eigenvalue weighted by Crippen LogP contribution is -2.36. The van der Waals surface area contributed by atoms with Crippen LogP contribution < -0.4 is 10.1 Å². The van der Waals surface area contributed by atoms with Gasteiger partial charge in [0.05, 0.1) is 37.0 Å². The number of hydrogen-bond acceptors (Lipinski definition) is 7. The number of rotatable bonds is 5. The van der Waals surface area contributed by atoms with E-state index in [0.29, 0.717) is 18.5 Å². The van der Waals surface area contributed by atoms with Gasteiger partial charge in [0.2, 0.25) is 11.9 Å². The molecule has 0 aliphatic carbocycles. The molecule has 2 aliphatic heterocycles. The Balaban J connectivity index is 1.44. The number of aromatic nitrogens is 4. The van der Waals surface area contributed by atoms with Gasteiger partial charge in [-0.3, -0.25) is 9.69 Å². The van der Waals surface area contributed by atoms with E-state index in [1.165, 1.54) is 11.1 Å². The van der Waals surface area contributed by atoms with Crippen LogP contribution in [0.1, 0.15) is 43.9 Å². The summed E-state index contributed by atoms with van der Waals surface area (Å²) in [5.41, 5.74) is 4.23. The monoisotopic (exact) mass is 449 g/mol. The molecule has 1 aromatic carbocycles. The highest BCUT2D eigenvalue weighted by molar-refractivity contribution is 5.76. The molecule has 1 N–H and O–H groups in total. The van der Waals surface area contributed by atoms with Gasteiger partial charge in [-0.15, -0.1) is 0 Å². The first-order chi connectivity index (χ1) is 15.9. The van der Waals surface area contributed by atoms with Crippen LogP contribution in [0.3, 0.4) is 0 Å². The third kappa shape index (κ3) is 4.01. The largest absolute Gasteiger partial charge is 0.495 e. The van der Waals surface area contributed by atoms with Gasteiger partial charge in [0, 0.05) is 32.3 Å². The van der Waals surface area contributed by atoms with Crippen LogP contribution in [0.25, 0.3) is 11.0 Å². The SMILES string of the molecule is COc1cc2c(cc1Nc1ncc3cnn(CC4CCCN4C(C)=O)c3n1)[C@@H](C)N(C)CC2. The molecule has 0 radical (unpaired) electrons. The average Bonchev–Trinajstić information content (AvgIpc) is 3.44. The Kier molecular flexibility index (Phi) is 5.65. The summed E-state index contributed by atoms with van der Waals surface area (Å²) in [6.07, 6.45) is 6.58. The van der Waals surface area contributed by atoms with E-state index in [1.54, 1.807) is 26.4 Å². The van der Waals surface area contributed by atoms with Gasteiger partial charge in [0.25, 0.3) is 0 Å². The minimum absolute atomic E-state index is 0.116. The average molecular weight is 450 g/mol. The van der Waals surface area contributed by atoms with E-state index in [9.17, 15) is 4.79 Å². The van der Waals surface area contributed by atoms with Crippen molar-refractivity contribution < 1.29 is 9.53 Å². The van der Waals surface area contributed by atoms with Crippen LogP contribution >= 0.6 is 0 Å². The van der Waals surface area contributed by atoms with E-state index in [2.05, 4.69) is 46.4 Å². The van der Waals surface area contributed by atoms with Crippen LogP contribution in [0.4, 0.5) is 11.6 Å². The van der Waals surface area contributed by atoms with Crippen molar-refractivity contribution in [2.45, 2.75) is 51.7 Å². The molecular formula is C24H31N7O2. The van der Waals surface area contributed by atoms with E-state index in [-0.39, 0.29) is 11.9 Å². The van der Waals surface area contributed by atoms with Crippen LogP contribution in [-0.4, -0.2) is 68.7 Å². The number of carbonyl (C=O) groups is 1. The number of amides is 1. The van der Waals surface area contributed by atoms with E-state index in [1.807, 2.05) is 9.58 Å². The van der Waals surface area contributed by atoms with Gasteiger partial charge in [-0.05, 0) is 56.5 Å². The molecule has 4 heterocycles.